The second-order valence-corrected chi connectivity index (χ2v) is 6.43. The van der Waals surface area contributed by atoms with E-state index in [-0.39, 0.29) is 11.3 Å². The van der Waals surface area contributed by atoms with Gasteiger partial charge in [-0.25, -0.2) is 0 Å². The predicted octanol–water partition coefficient (Wildman–Crippen LogP) is 2.32. The molecule has 0 spiro atoms. The molecule has 104 valence electrons. The van der Waals surface area contributed by atoms with E-state index in [9.17, 15) is 4.79 Å². The molecule has 3 nitrogen and oxygen atoms in total. The first kappa shape index (κ1) is 13.9. The highest BCUT2D eigenvalue weighted by Crippen LogP contribution is 2.34. The summed E-state index contributed by atoms with van der Waals surface area (Å²) < 4.78 is 0. The van der Waals surface area contributed by atoms with E-state index in [4.69, 9.17) is 0 Å². The van der Waals surface area contributed by atoms with Crippen LogP contribution in [0.5, 0.6) is 0 Å². The van der Waals surface area contributed by atoms with Crippen LogP contribution in [0.25, 0.3) is 0 Å². The van der Waals surface area contributed by atoms with Crippen molar-refractivity contribution in [1.29, 1.82) is 0 Å². The minimum Gasteiger partial charge on any atom is -0.356 e. The molecule has 2 N–H and O–H groups in total. The van der Waals surface area contributed by atoms with Crippen molar-refractivity contribution in [2.24, 2.45) is 17.3 Å². The summed E-state index contributed by atoms with van der Waals surface area (Å²) in [4.78, 5) is 12.4. The van der Waals surface area contributed by atoms with E-state index >= 15 is 0 Å². The first-order chi connectivity index (χ1) is 8.65. The van der Waals surface area contributed by atoms with Gasteiger partial charge < -0.3 is 10.6 Å². The molecule has 1 aliphatic carbocycles. The molecule has 1 amide bonds. The Labute approximate surface area is 111 Å². The molecule has 0 bridgehead atoms. The van der Waals surface area contributed by atoms with E-state index in [0.717, 1.165) is 32.0 Å². The zero-order valence-electron chi connectivity index (χ0n) is 11.9. The molecule has 1 aliphatic heterocycles. The number of amides is 1. The summed E-state index contributed by atoms with van der Waals surface area (Å²) in [5.74, 6) is 1.56. The van der Waals surface area contributed by atoms with Crippen LogP contribution in [0.1, 0.15) is 52.4 Å². The van der Waals surface area contributed by atoms with E-state index in [2.05, 4.69) is 24.5 Å². The Morgan fingerprint density at radius 3 is 2.67 bits per heavy atom. The van der Waals surface area contributed by atoms with Gasteiger partial charge in [-0.05, 0) is 31.2 Å². The van der Waals surface area contributed by atoms with Crippen LogP contribution < -0.4 is 10.6 Å². The van der Waals surface area contributed by atoms with Crippen LogP contribution in [0.3, 0.4) is 0 Å². The van der Waals surface area contributed by atoms with Crippen LogP contribution in [-0.4, -0.2) is 25.5 Å². The van der Waals surface area contributed by atoms with Gasteiger partial charge in [0.05, 0.1) is 5.41 Å². The fraction of sp³-hybridized carbons (Fsp3) is 0.933. The fourth-order valence-electron chi connectivity index (χ4n) is 3.52. The number of carbonyl (C=O) groups excluding carboxylic acids is 1. The molecular weight excluding hydrogens is 224 g/mol. The maximum Gasteiger partial charge on any atom is 0.227 e. The van der Waals surface area contributed by atoms with Gasteiger partial charge in [0, 0.05) is 13.1 Å². The Bertz CT molecular complexity index is 276. The van der Waals surface area contributed by atoms with Crippen molar-refractivity contribution in [2.75, 3.05) is 19.6 Å². The first-order valence-electron chi connectivity index (χ1n) is 7.64. The molecule has 2 fully saturated rings. The Morgan fingerprint density at radius 2 is 2.11 bits per heavy atom. The van der Waals surface area contributed by atoms with Crippen molar-refractivity contribution >= 4 is 5.91 Å². The van der Waals surface area contributed by atoms with Crippen LogP contribution in [0.15, 0.2) is 0 Å². The van der Waals surface area contributed by atoms with Crippen LogP contribution in [0, 0.1) is 17.3 Å². The predicted molar refractivity (Wildman–Crippen MR) is 74.3 cm³/mol. The number of carbonyl (C=O) groups is 1. The Balaban J connectivity index is 1.78. The molecule has 2 rings (SSSR count). The van der Waals surface area contributed by atoms with Crippen molar-refractivity contribution in [2.45, 2.75) is 52.4 Å². The summed E-state index contributed by atoms with van der Waals surface area (Å²) in [6, 6.07) is 0. The molecule has 18 heavy (non-hydrogen) atoms. The number of hydrogen-bond acceptors (Lipinski definition) is 2. The lowest BCUT2D eigenvalue weighted by Gasteiger charge is -2.31. The molecule has 0 radical (unpaired) electrons. The van der Waals surface area contributed by atoms with Gasteiger partial charge in [-0.1, -0.05) is 39.5 Å². The van der Waals surface area contributed by atoms with Crippen molar-refractivity contribution in [3.63, 3.8) is 0 Å². The molecule has 3 heteroatoms. The molecule has 0 aromatic rings. The Morgan fingerprint density at radius 1 is 1.39 bits per heavy atom. The van der Waals surface area contributed by atoms with Crippen molar-refractivity contribution in [3.8, 4) is 0 Å². The molecule has 0 aromatic carbocycles. The number of rotatable bonds is 5. The average Bonchev–Trinajstić information content (AvgIpc) is 3.00. The topological polar surface area (TPSA) is 41.1 Å². The summed E-state index contributed by atoms with van der Waals surface area (Å²) in [5, 5.41) is 6.54. The monoisotopic (exact) mass is 252 g/mol. The van der Waals surface area contributed by atoms with Gasteiger partial charge in [0.25, 0.3) is 0 Å². The van der Waals surface area contributed by atoms with E-state index in [1.165, 1.54) is 32.1 Å². The molecule has 1 unspecified atom stereocenters. The van der Waals surface area contributed by atoms with E-state index < -0.39 is 0 Å². The van der Waals surface area contributed by atoms with Gasteiger partial charge >= 0.3 is 0 Å². The molecule has 1 atom stereocenters. The lowest BCUT2D eigenvalue weighted by atomic mass is 9.75. The highest BCUT2D eigenvalue weighted by molar-refractivity contribution is 5.83. The zero-order valence-corrected chi connectivity index (χ0v) is 11.9. The standard InChI is InChI=1S/C15H28N2O/c1-12(2)15(8-10-16-11-15)14(18)17-9-7-13-5-3-4-6-13/h12-13,16H,3-11H2,1-2H3,(H,17,18). The zero-order chi connectivity index (χ0) is 13.0. The third-order valence-corrected chi connectivity index (χ3v) is 5.06. The smallest absolute Gasteiger partial charge is 0.227 e. The summed E-state index contributed by atoms with van der Waals surface area (Å²) in [6.45, 7) is 7.04. The highest BCUT2D eigenvalue weighted by Gasteiger charge is 2.43. The third-order valence-electron chi connectivity index (χ3n) is 5.06. The summed E-state index contributed by atoms with van der Waals surface area (Å²) in [5.41, 5.74) is -0.157. The molecule has 1 heterocycles. The van der Waals surface area contributed by atoms with Crippen molar-refractivity contribution in [3.05, 3.63) is 0 Å². The maximum absolute atomic E-state index is 12.4. The normalized spacial score (nSPS) is 29.1. The quantitative estimate of drug-likeness (QED) is 0.788. The van der Waals surface area contributed by atoms with Gasteiger partial charge in [-0.2, -0.15) is 0 Å². The molecular formula is C15H28N2O. The fourth-order valence-corrected chi connectivity index (χ4v) is 3.52. The summed E-state index contributed by atoms with van der Waals surface area (Å²) in [6.07, 6.45) is 7.67. The van der Waals surface area contributed by atoms with Crippen LogP contribution >= 0.6 is 0 Å². The lowest BCUT2D eigenvalue weighted by Crippen LogP contribution is -2.46. The van der Waals surface area contributed by atoms with Crippen LogP contribution in [0.2, 0.25) is 0 Å². The average molecular weight is 252 g/mol. The first-order valence-corrected chi connectivity index (χ1v) is 7.64. The van der Waals surface area contributed by atoms with Crippen LogP contribution in [-0.2, 0) is 4.79 Å². The maximum atomic E-state index is 12.4. The summed E-state index contributed by atoms with van der Waals surface area (Å²) in [7, 11) is 0. The second-order valence-electron chi connectivity index (χ2n) is 6.43. The minimum atomic E-state index is -0.157. The van der Waals surface area contributed by atoms with Crippen molar-refractivity contribution in [1.82, 2.24) is 10.6 Å². The number of hydrogen-bond donors (Lipinski definition) is 2. The Hall–Kier alpha value is -0.570. The van der Waals surface area contributed by atoms with Gasteiger partial charge in [0.1, 0.15) is 0 Å². The Kier molecular flexibility index (Phi) is 4.66. The lowest BCUT2D eigenvalue weighted by molar-refractivity contribution is -0.132. The summed E-state index contributed by atoms with van der Waals surface area (Å²) >= 11 is 0. The largest absolute Gasteiger partial charge is 0.356 e. The van der Waals surface area contributed by atoms with E-state index in [1.807, 2.05) is 0 Å². The van der Waals surface area contributed by atoms with E-state index in [1.54, 1.807) is 0 Å². The molecule has 1 saturated heterocycles. The van der Waals surface area contributed by atoms with Gasteiger partial charge in [0.2, 0.25) is 5.91 Å². The minimum absolute atomic E-state index is 0.157. The molecule has 1 saturated carbocycles. The second kappa shape index (κ2) is 6.05. The molecule has 2 aliphatic rings. The van der Waals surface area contributed by atoms with Gasteiger partial charge in [0.15, 0.2) is 0 Å². The number of nitrogens with one attached hydrogen (secondary N) is 2. The van der Waals surface area contributed by atoms with E-state index in [0.29, 0.717) is 5.92 Å². The van der Waals surface area contributed by atoms with Crippen LogP contribution in [0.4, 0.5) is 0 Å². The highest BCUT2D eigenvalue weighted by atomic mass is 16.2. The van der Waals surface area contributed by atoms with Gasteiger partial charge in [-0.3, -0.25) is 4.79 Å². The van der Waals surface area contributed by atoms with Gasteiger partial charge in [-0.15, -0.1) is 0 Å². The SMILES string of the molecule is CC(C)C1(C(=O)NCCC2CCCC2)CCNC1. The molecule has 0 aromatic heterocycles. The van der Waals surface area contributed by atoms with Crippen molar-refractivity contribution < 1.29 is 4.79 Å². The third kappa shape index (κ3) is 2.87.